The predicted molar refractivity (Wildman–Crippen MR) is 67.8 cm³/mol. The normalized spacial score (nSPS) is 12.0. The number of esters is 1. The lowest BCUT2D eigenvalue weighted by Crippen LogP contribution is -2.11. The second kappa shape index (κ2) is 5.59. The molecule has 1 unspecified atom stereocenters. The second-order valence-corrected chi connectivity index (χ2v) is 4.94. The van der Waals surface area contributed by atoms with Crippen LogP contribution < -0.4 is 0 Å². The first-order valence-electron chi connectivity index (χ1n) is 4.50. The molecule has 0 fully saturated rings. The number of ketones is 1. The van der Waals surface area contributed by atoms with Crippen LogP contribution in [0.25, 0.3) is 0 Å². The molecule has 0 saturated heterocycles. The van der Waals surface area contributed by atoms with E-state index in [2.05, 4.69) is 36.6 Å². The quantitative estimate of drug-likeness (QED) is 0.621. The zero-order chi connectivity index (χ0) is 12.3. The van der Waals surface area contributed by atoms with Crippen LogP contribution in [0, 0.1) is 0 Å². The van der Waals surface area contributed by atoms with Crippen LogP contribution in [0.1, 0.15) is 27.7 Å². The summed E-state index contributed by atoms with van der Waals surface area (Å²) in [5.41, 5.74) is 0.982. The molecule has 0 saturated carbocycles. The average molecular weight is 350 g/mol. The highest BCUT2D eigenvalue weighted by Crippen LogP contribution is 2.31. The Morgan fingerprint density at radius 2 is 2.00 bits per heavy atom. The number of hydrogen-bond acceptors (Lipinski definition) is 3. The Balaban J connectivity index is 3.33. The predicted octanol–water partition coefficient (Wildman–Crippen LogP) is 3.26. The van der Waals surface area contributed by atoms with Gasteiger partial charge >= 0.3 is 5.97 Å². The van der Waals surface area contributed by atoms with Crippen molar-refractivity contribution in [2.75, 3.05) is 7.11 Å². The van der Waals surface area contributed by atoms with Gasteiger partial charge in [-0.3, -0.25) is 4.79 Å². The molecule has 1 rings (SSSR count). The van der Waals surface area contributed by atoms with Crippen molar-refractivity contribution >= 4 is 43.6 Å². The zero-order valence-electron chi connectivity index (χ0n) is 8.79. The number of alkyl halides is 1. The SMILES string of the molecule is COC(=O)c1c(Br)cccc1C(Br)C(C)=O. The van der Waals surface area contributed by atoms with Crippen LogP contribution in [0.2, 0.25) is 0 Å². The van der Waals surface area contributed by atoms with E-state index in [0.29, 0.717) is 15.6 Å². The second-order valence-electron chi connectivity index (χ2n) is 3.17. The molecule has 0 heterocycles. The van der Waals surface area contributed by atoms with Crippen molar-refractivity contribution in [2.24, 2.45) is 0 Å². The van der Waals surface area contributed by atoms with Gasteiger partial charge in [-0.15, -0.1) is 0 Å². The number of ether oxygens (including phenoxy) is 1. The van der Waals surface area contributed by atoms with Gasteiger partial charge in [0.1, 0.15) is 5.78 Å². The van der Waals surface area contributed by atoms with Crippen molar-refractivity contribution in [3.63, 3.8) is 0 Å². The smallest absolute Gasteiger partial charge is 0.339 e. The number of hydrogen-bond donors (Lipinski definition) is 0. The van der Waals surface area contributed by atoms with E-state index in [4.69, 9.17) is 0 Å². The van der Waals surface area contributed by atoms with Gasteiger partial charge in [-0.05, 0) is 34.5 Å². The maximum atomic E-state index is 11.6. The monoisotopic (exact) mass is 348 g/mol. The first kappa shape index (κ1) is 13.4. The Morgan fingerprint density at radius 3 is 2.50 bits per heavy atom. The Bertz CT molecular complexity index is 429. The summed E-state index contributed by atoms with van der Waals surface area (Å²) >= 11 is 6.53. The number of carbonyl (C=O) groups excluding carboxylic acids is 2. The highest BCUT2D eigenvalue weighted by molar-refractivity contribution is 9.10. The topological polar surface area (TPSA) is 43.4 Å². The van der Waals surface area contributed by atoms with Crippen molar-refractivity contribution in [3.8, 4) is 0 Å². The summed E-state index contributed by atoms with van der Waals surface area (Å²) in [4.78, 5) is 22.4. The summed E-state index contributed by atoms with van der Waals surface area (Å²) in [7, 11) is 1.31. The molecule has 0 spiro atoms. The third-order valence-electron chi connectivity index (χ3n) is 2.07. The number of rotatable bonds is 3. The van der Waals surface area contributed by atoms with Gasteiger partial charge in [0, 0.05) is 4.47 Å². The highest BCUT2D eigenvalue weighted by Gasteiger charge is 2.22. The summed E-state index contributed by atoms with van der Waals surface area (Å²) in [5, 5.41) is 0. The fourth-order valence-electron chi connectivity index (χ4n) is 1.29. The standard InChI is InChI=1S/C11H10Br2O3/c1-6(14)10(13)7-4-3-5-8(12)9(7)11(15)16-2/h3-5,10H,1-2H3. The summed E-state index contributed by atoms with van der Waals surface area (Å²) in [6.45, 7) is 1.46. The summed E-state index contributed by atoms with van der Waals surface area (Å²) in [6, 6.07) is 5.22. The number of Topliss-reactive ketones (excluding diaryl/α,β-unsaturated/α-hetero) is 1. The van der Waals surface area contributed by atoms with E-state index in [1.807, 2.05) is 0 Å². The van der Waals surface area contributed by atoms with E-state index in [0.717, 1.165) is 0 Å². The number of carbonyl (C=O) groups is 2. The minimum absolute atomic E-state index is 0.0664. The van der Waals surface area contributed by atoms with Crippen molar-refractivity contribution in [1.82, 2.24) is 0 Å². The summed E-state index contributed by atoms with van der Waals surface area (Å²) in [6.07, 6.45) is 0. The minimum Gasteiger partial charge on any atom is -0.465 e. The average Bonchev–Trinajstić information content (AvgIpc) is 2.26. The van der Waals surface area contributed by atoms with Gasteiger partial charge in [0.25, 0.3) is 0 Å². The van der Waals surface area contributed by atoms with E-state index in [-0.39, 0.29) is 5.78 Å². The van der Waals surface area contributed by atoms with Crippen molar-refractivity contribution in [2.45, 2.75) is 11.8 Å². The molecule has 1 aromatic rings. The van der Waals surface area contributed by atoms with Crippen LogP contribution in [0.15, 0.2) is 22.7 Å². The van der Waals surface area contributed by atoms with Crippen LogP contribution in [0.5, 0.6) is 0 Å². The highest BCUT2D eigenvalue weighted by atomic mass is 79.9. The Morgan fingerprint density at radius 1 is 1.38 bits per heavy atom. The van der Waals surface area contributed by atoms with Crippen LogP contribution >= 0.6 is 31.9 Å². The van der Waals surface area contributed by atoms with Gasteiger partial charge in [0.15, 0.2) is 0 Å². The number of methoxy groups -OCH3 is 1. The molecule has 1 atom stereocenters. The molecule has 0 radical (unpaired) electrons. The van der Waals surface area contributed by atoms with E-state index < -0.39 is 10.8 Å². The Hall–Kier alpha value is -0.680. The fourth-order valence-corrected chi connectivity index (χ4v) is 2.21. The minimum atomic E-state index is -0.501. The lowest BCUT2D eigenvalue weighted by Gasteiger charge is -2.12. The molecule has 0 aliphatic carbocycles. The molecule has 86 valence electrons. The molecule has 0 N–H and O–H groups in total. The summed E-state index contributed by atoms with van der Waals surface area (Å²) < 4.78 is 5.30. The van der Waals surface area contributed by atoms with Crippen molar-refractivity contribution < 1.29 is 14.3 Å². The molecule has 1 aromatic carbocycles. The van der Waals surface area contributed by atoms with E-state index in [9.17, 15) is 9.59 Å². The van der Waals surface area contributed by atoms with Crippen LogP contribution in [0.3, 0.4) is 0 Å². The lowest BCUT2D eigenvalue weighted by molar-refractivity contribution is -0.116. The molecule has 0 aliphatic rings. The van der Waals surface area contributed by atoms with Crippen LogP contribution in [-0.2, 0) is 9.53 Å². The van der Waals surface area contributed by atoms with E-state index in [1.54, 1.807) is 18.2 Å². The van der Waals surface area contributed by atoms with E-state index in [1.165, 1.54) is 14.0 Å². The summed E-state index contributed by atoms with van der Waals surface area (Å²) in [5.74, 6) is -0.531. The molecule has 0 bridgehead atoms. The maximum Gasteiger partial charge on any atom is 0.339 e. The molecular weight excluding hydrogens is 340 g/mol. The number of benzene rings is 1. The molecule has 0 aliphatic heterocycles. The molecular formula is C11H10Br2O3. The Kier molecular flexibility index (Phi) is 4.68. The van der Waals surface area contributed by atoms with E-state index >= 15 is 0 Å². The van der Waals surface area contributed by atoms with Gasteiger partial charge in [0.2, 0.25) is 0 Å². The third kappa shape index (κ3) is 2.71. The van der Waals surface area contributed by atoms with Gasteiger partial charge in [0.05, 0.1) is 17.5 Å². The maximum absolute atomic E-state index is 11.6. The molecule has 5 heteroatoms. The first-order valence-corrected chi connectivity index (χ1v) is 6.21. The van der Waals surface area contributed by atoms with Gasteiger partial charge in [-0.2, -0.15) is 0 Å². The molecule has 16 heavy (non-hydrogen) atoms. The first-order chi connectivity index (χ1) is 7.49. The zero-order valence-corrected chi connectivity index (χ0v) is 12.0. The van der Waals surface area contributed by atoms with Crippen molar-refractivity contribution in [1.29, 1.82) is 0 Å². The van der Waals surface area contributed by atoms with Crippen LogP contribution in [-0.4, -0.2) is 18.9 Å². The van der Waals surface area contributed by atoms with Gasteiger partial charge in [-0.1, -0.05) is 28.1 Å². The number of halogens is 2. The molecule has 0 aromatic heterocycles. The van der Waals surface area contributed by atoms with Crippen LogP contribution in [0.4, 0.5) is 0 Å². The third-order valence-corrected chi connectivity index (χ3v) is 3.86. The lowest BCUT2D eigenvalue weighted by atomic mass is 10.0. The Labute approximate surface area is 110 Å². The van der Waals surface area contributed by atoms with Gasteiger partial charge < -0.3 is 4.74 Å². The van der Waals surface area contributed by atoms with Crippen molar-refractivity contribution in [3.05, 3.63) is 33.8 Å². The molecule has 3 nitrogen and oxygen atoms in total. The van der Waals surface area contributed by atoms with Gasteiger partial charge in [-0.25, -0.2) is 4.79 Å². The largest absolute Gasteiger partial charge is 0.465 e. The molecule has 0 amide bonds. The fraction of sp³-hybridized carbons (Fsp3) is 0.273.